The summed E-state index contributed by atoms with van der Waals surface area (Å²) < 4.78 is 34.5. The first-order valence-corrected chi connectivity index (χ1v) is 11.7. The molecule has 1 fully saturated rings. The highest BCUT2D eigenvalue weighted by Gasteiger charge is 2.29. The smallest absolute Gasteiger partial charge is 0.408 e. The van der Waals surface area contributed by atoms with Crippen molar-refractivity contribution in [2.75, 3.05) is 26.2 Å². The van der Waals surface area contributed by atoms with E-state index in [2.05, 4.69) is 18.7 Å². The Labute approximate surface area is 176 Å². The van der Waals surface area contributed by atoms with Crippen molar-refractivity contribution in [2.45, 2.75) is 37.8 Å². The van der Waals surface area contributed by atoms with Gasteiger partial charge in [0.2, 0.25) is 10.0 Å². The number of oxazole rings is 1. The molecule has 0 N–H and O–H groups in total. The molecule has 30 heavy (non-hydrogen) atoms. The molecule has 1 aliphatic rings. The molecule has 0 bridgehead atoms. The van der Waals surface area contributed by atoms with Gasteiger partial charge in [-0.3, -0.25) is 9.47 Å². The maximum atomic E-state index is 13.0. The monoisotopic (exact) mass is 429 g/mol. The van der Waals surface area contributed by atoms with Crippen molar-refractivity contribution in [3.63, 3.8) is 0 Å². The third-order valence-corrected chi connectivity index (χ3v) is 7.86. The minimum Gasteiger partial charge on any atom is -0.408 e. The van der Waals surface area contributed by atoms with Gasteiger partial charge in [0.05, 0.1) is 17.1 Å². The second-order valence-corrected chi connectivity index (χ2v) is 9.74. The predicted octanol–water partition coefficient (Wildman–Crippen LogP) is 3.07. The Bertz CT molecular complexity index is 1170. The number of piperazine rings is 1. The van der Waals surface area contributed by atoms with Crippen molar-refractivity contribution < 1.29 is 12.8 Å². The highest BCUT2D eigenvalue weighted by Crippen LogP contribution is 2.23. The van der Waals surface area contributed by atoms with Gasteiger partial charge in [0, 0.05) is 26.2 Å². The first kappa shape index (κ1) is 20.8. The van der Waals surface area contributed by atoms with E-state index in [4.69, 9.17) is 4.42 Å². The van der Waals surface area contributed by atoms with Gasteiger partial charge in [-0.1, -0.05) is 38.1 Å². The van der Waals surface area contributed by atoms with Gasteiger partial charge in [-0.25, -0.2) is 13.2 Å². The lowest BCUT2D eigenvalue weighted by Gasteiger charge is -2.33. The van der Waals surface area contributed by atoms with Crippen molar-refractivity contribution in [2.24, 2.45) is 0 Å². The van der Waals surface area contributed by atoms with Crippen LogP contribution < -0.4 is 5.76 Å². The Morgan fingerprint density at radius 1 is 1.00 bits per heavy atom. The highest BCUT2D eigenvalue weighted by molar-refractivity contribution is 7.89. The van der Waals surface area contributed by atoms with E-state index in [1.54, 1.807) is 22.8 Å². The molecule has 1 aromatic heterocycles. The maximum Gasteiger partial charge on any atom is 0.421 e. The number of fused-ring (bicyclic) bond motifs is 1. The van der Waals surface area contributed by atoms with Gasteiger partial charge in [-0.2, -0.15) is 4.31 Å². The number of hydrogen-bond donors (Lipinski definition) is 0. The van der Waals surface area contributed by atoms with E-state index in [-0.39, 0.29) is 0 Å². The standard InChI is InChI=1S/C22H27N3O4S/c1-3-17(2)18-8-10-19(11-9-18)30(27,28)24-14-12-23(13-15-24)16-25-20-6-4-5-7-21(20)29-22(25)26/h4-11,17H,3,12-16H2,1-2H3/t17-/m0/s1. The summed E-state index contributed by atoms with van der Waals surface area (Å²) in [6.07, 6.45) is 1.02. The number of hydrogen-bond acceptors (Lipinski definition) is 5. The Morgan fingerprint density at radius 3 is 2.33 bits per heavy atom. The summed E-state index contributed by atoms with van der Waals surface area (Å²) in [5.41, 5.74) is 2.46. The molecule has 2 aromatic carbocycles. The van der Waals surface area contributed by atoms with Crippen LogP contribution in [-0.2, 0) is 16.7 Å². The molecule has 3 aromatic rings. The Balaban J connectivity index is 1.43. The largest absolute Gasteiger partial charge is 0.421 e. The Morgan fingerprint density at radius 2 is 1.67 bits per heavy atom. The molecule has 8 heteroatoms. The Hall–Kier alpha value is -2.42. The first-order chi connectivity index (χ1) is 14.4. The zero-order valence-corrected chi connectivity index (χ0v) is 18.1. The lowest BCUT2D eigenvalue weighted by atomic mass is 9.99. The van der Waals surface area contributed by atoms with Gasteiger partial charge >= 0.3 is 5.76 Å². The summed E-state index contributed by atoms with van der Waals surface area (Å²) >= 11 is 0. The van der Waals surface area contributed by atoms with Crippen molar-refractivity contribution in [3.05, 3.63) is 64.6 Å². The molecular formula is C22H27N3O4S. The van der Waals surface area contributed by atoms with Gasteiger partial charge in [-0.05, 0) is 42.2 Å². The SMILES string of the molecule is CC[C@H](C)c1ccc(S(=O)(=O)N2CCN(Cn3c(=O)oc4ccccc43)CC2)cc1. The van der Waals surface area contributed by atoms with Gasteiger partial charge in [0.15, 0.2) is 5.58 Å². The molecule has 0 unspecified atom stereocenters. The van der Waals surface area contributed by atoms with Crippen LogP contribution >= 0.6 is 0 Å². The highest BCUT2D eigenvalue weighted by atomic mass is 32.2. The zero-order chi connectivity index (χ0) is 21.3. The van der Waals surface area contributed by atoms with Crippen molar-refractivity contribution >= 4 is 21.1 Å². The van der Waals surface area contributed by atoms with Gasteiger partial charge in [-0.15, -0.1) is 0 Å². The molecule has 0 amide bonds. The predicted molar refractivity (Wildman–Crippen MR) is 116 cm³/mol. The fourth-order valence-electron chi connectivity index (χ4n) is 3.81. The van der Waals surface area contributed by atoms with E-state index in [0.29, 0.717) is 49.2 Å². The van der Waals surface area contributed by atoms with Crippen LogP contribution in [0.1, 0.15) is 31.7 Å². The van der Waals surface area contributed by atoms with E-state index in [1.807, 2.05) is 30.3 Å². The quantitative estimate of drug-likeness (QED) is 0.602. The fraction of sp³-hybridized carbons (Fsp3) is 0.409. The number of nitrogens with zero attached hydrogens (tertiary/aromatic N) is 3. The molecule has 0 radical (unpaired) electrons. The molecule has 0 saturated carbocycles. The van der Waals surface area contributed by atoms with Crippen LogP contribution in [0, 0.1) is 0 Å². The lowest BCUT2D eigenvalue weighted by Crippen LogP contribution is -2.49. The summed E-state index contributed by atoms with van der Waals surface area (Å²) in [6.45, 7) is 6.52. The van der Waals surface area contributed by atoms with Crippen LogP contribution in [0.5, 0.6) is 0 Å². The molecule has 1 saturated heterocycles. The number of sulfonamides is 1. The van der Waals surface area contributed by atoms with Crippen LogP contribution in [0.3, 0.4) is 0 Å². The van der Waals surface area contributed by atoms with E-state index in [1.165, 1.54) is 4.31 Å². The van der Waals surface area contributed by atoms with Crippen LogP contribution in [-0.4, -0.2) is 48.4 Å². The first-order valence-electron chi connectivity index (χ1n) is 10.3. The molecule has 1 aliphatic heterocycles. The summed E-state index contributed by atoms with van der Waals surface area (Å²) in [4.78, 5) is 14.6. The van der Waals surface area contributed by atoms with Crippen molar-refractivity contribution in [1.82, 2.24) is 13.8 Å². The molecule has 2 heterocycles. The topological polar surface area (TPSA) is 75.8 Å². The summed E-state index contributed by atoms with van der Waals surface area (Å²) in [5.74, 6) is 0.0142. The number of benzene rings is 2. The molecule has 4 rings (SSSR count). The van der Waals surface area contributed by atoms with Gasteiger partial charge in [0.1, 0.15) is 0 Å². The van der Waals surface area contributed by atoms with Crippen LogP contribution in [0.15, 0.2) is 62.6 Å². The van der Waals surface area contributed by atoms with E-state index < -0.39 is 15.8 Å². The molecule has 160 valence electrons. The van der Waals surface area contributed by atoms with E-state index in [9.17, 15) is 13.2 Å². The molecule has 7 nitrogen and oxygen atoms in total. The van der Waals surface area contributed by atoms with Gasteiger partial charge in [0.25, 0.3) is 0 Å². The third-order valence-electron chi connectivity index (χ3n) is 5.95. The second-order valence-electron chi connectivity index (χ2n) is 7.81. The van der Waals surface area contributed by atoms with Crippen molar-refractivity contribution in [1.29, 1.82) is 0 Å². The Kier molecular flexibility index (Phi) is 5.81. The number of para-hydroxylation sites is 2. The maximum absolute atomic E-state index is 13.0. The normalized spacial score (nSPS) is 17.4. The molecule has 1 atom stereocenters. The van der Waals surface area contributed by atoms with E-state index >= 15 is 0 Å². The zero-order valence-electron chi connectivity index (χ0n) is 17.3. The lowest BCUT2D eigenvalue weighted by molar-refractivity contribution is 0.150. The number of rotatable bonds is 6. The average molecular weight is 430 g/mol. The van der Waals surface area contributed by atoms with E-state index in [0.717, 1.165) is 17.5 Å². The average Bonchev–Trinajstić information content (AvgIpc) is 3.08. The molecule has 0 spiro atoms. The van der Waals surface area contributed by atoms with Crippen LogP contribution in [0.25, 0.3) is 11.1 Å². The fourth-order valence-corrected chi connectivity index (χ4v) is 5.23. The summed E-state index contributed by atoms with van der Waals surface area (Å²) in [6, 6.07) is 14.6. The summed E-state index contributed by atoms with van der Waals surface area (Å²) in [7, 11) is -3.52. The third kappa shape index (κ3) is 3.95. The second kappa shape index (κ2) is 8.37. The molecule has 0 aliphatic carbocycles. The number of aromatic nitrogens is 1. The van der Waals surface area contributed by atoms with Crippen LogP contribution in [0.2, 0.25) is 0 Å². The van der Waals surface area contributed by atoms with Crippen LogP contribution in [0.4, 0.5) is 0 Å². The van der Waals surface area contributed by atoms with Gasteiger partial charge < -0.3 is 4.42 Å². The van der Waals surface area contributed by atoms with Crippen molar-refractivity contribution in [3.8, 4) is 0 Å². The minimum atomic E-state index is -3.52. The summed E-state index contributed by atoms with van der Waals surface area (Å²) in [5, 5.41) is 0. The molecular weight excluding hydrogens is 402 g/mol. The minimum absolute atomic E-state index is 0.333.